The van der Waals surface area contributed by atoms with Crippen molar-refractivity contribution < 1.29 is 0 Å². The van der Waals surface area contributed by atoms with Crippen LogP contribution in [0.2, 0.25) is 15.1 Å². The summed E-state index contributed by atoms with van der Waals surface area (Å²) < 4.78 is 1.49. The number of tetrazole rings is 1. The number of aromatic nitrogens is 4. The number of hydrogen-bond acceptors (Lipinski definition) is 4. The molecule has 0 unspecified atom stereocenters. The minimum Gasteiger partial charge on any atom is -0.399 e. The number of nitrogens with zero attached hydrogens (tertiary/aromatic N) is 4. The number of nitrogen functional groups attached to an aromatic ring is 1. The fourth-order valence-electron chi connectivity index (χ4n) is 1.91. The van der Waals surface area contributed by atoms with Crippen molar-refractivity contribution in [2.45, 2.75) is 0 Å². The summed E-state index contributed by atoms with van der Waals surface area (Å²) in [7, 11) is 0. The van der Waals surface area contributed by atoms with E-state index in [2.05, 4.69) is 15.5 Å². The summed E-state index contributed by atoms with van der Waals surface area (Å²) in [6.07, 6.45) is 0. The zero-order valence-corrected chi connectivity index (χ0v) is 12.7. The first-order valence-corrected chi connectivity index (χ1v) is 6.99. The van der Waals surface area contributed by atoms with Crippen LogP contribution in [0.1, 0.15) is 0 Å². The highest BCUT2D eigenvalue weighted by molar-refractivity contribution is 6.43. The first kappa shape index (κ1) is 14.1. The van der Waals surface area contributed by atoms with Gasteiger partial charge in [-0.25, -0.2) is 0 Å². The SMILES string of the molecule is Nc1cc(Cl)c(Cl)c(-c2nnnn2-c2ccccc2Cl)c1. The fraction of sp³-hybridized carbons (Fsp3) is 0. The lowest BCUT2D eigenvalue weighted by atomic mass is 10.2. The van der Waals surface area contributed by atoms with Gasteiger partial charge in [-0.2, -0.15) is 4.68 Å². The molecule has 1 heterocycles. The van der Waals surface area contributed by atoms with Gasteiger partial charge in [-0.05, 0) is 34.7 Å². The molecule has 0 amide bonds. The second kappa shape index (κ2) is 5.52. The van der Waals surface area contributed by atoms with Gasteiger partial charge in [0, 0.05) is 11.3 Å². The summed E-state index contributed by atoms with van der Waals surface area (Å²) in [6, 6.07) is 10.4. The maximum absolute atomic E-state index is 6.23. The molecule has 2 N–H and O–H groups in total. The Morgan fingerprint density at radius 3 is 2.52 bits per heavy atom. The first-order valence-electron chi connectivity index (χ1n) is 5.86. The van der Waals surface area contributed by atoms with Crippen LogP contribution in [0.5, 0.6) is 0 Å². The number of halogens is 3. The molecule has 0 aliphatic carbocycles. The van der Waals surface area contributed by atoms with Crippen LogP contribution in [0.3, 0.4) is 0 Å². The molecule has 0 radical (unpaired) electrons. The van der Waals surface area contributed by atoms with E-state index in [-0.39, 0.29) is 0 Å². The highest BCUT2D eigenvalue weighted by Crippen LogP contribution is 2.35. The van der Waals surface area contributed by atoms with Crippen molar-refractivity contribution in [1.29, 1.82) is 0 Å². The molecule has 0 saturated heterocycles. The summed E-state index contributed by atoms with van der Waals surface area (Å²) in [5.41, 5.74) is 7.44. The van der Waals surface area contributed by atoms with Crippen LogP contribution < -0.4 is 5.73 Å². The molecule has 0 atom stereocenters. The summed E-state index contributed by atoms with van der Waals surface area (Å²) in [5.74, 6) is 0.405. The maximum atomic E-state index is 6.23. The van der Waals surface area contributed by atoms with E-state index in [1.165, 1.54) is 4.68 Å². The zero-order chi connectivity index (χ0) is 15.0. The molecule has 0 spiro atoms. The molecule has 0 aliphatic rings. The zero-order valence-electron chi connectivity index (χ0n) is 10.5. The van der Waals surface area contributed by atoms with E-state index in [9.17, 15) is 0 Å². The number of hydrogen-bond donors (Lipinski definition) is 1. The van der Waals surface area contributed by atoms with Crippen molar-refractivity contribution in [3.63, 3.8) is 0 Å². The smallest absolute Gasteiger partial charge is 0.188 e. The normalized spacial score (nSPS) is 10.8. The van der Waals surface area contributed by atoms with Gasteiger partial charge in [0.15, 0.2) is 5.82 Å². The Labute approximate surface area is 135 Å². The van der Waals surface area contributed by atoms with Crippen LogP contribution in [-0.2, 0) is 0 Å². The number of anilines is 1. The van der Waals surface area contributed by atoms with Gasteiger partial charge in [-0.1, -0.05) is 46.9 Å². The predicted octanol–water partition coefficient (Wildman–Crippen LogP) is 3.87. The summed E-state index contributed by atoms with van der Waals surface area (Å²) in [6.45, 7) is 0. The van der Waals surface area contributed by atoms with Crippen LogP contribution in [-0.4, -0.2) is 20.2 Å². The lowest BCUT2D eigenvalue weighted by Gasteiger charge is -2.09. The van der Waals surface area contributed by atoms with Gasteiger partial charge in [0.1, 0.15) is 0 Å². The Morgan fingerprint density at radius 1 is 1.00 bits per heavy atom. The van der Waals surface area contributed by atoms with Gasteiger partial charge >= 0.3 is 0 Å². The molecule has 106 valence electrons. The highest BCUT2D eigenvalue weighted by Gasteiger charge is 2.17. The third kappa shape index (κ3) is 2.55. The summed E-state index contributed by atoms with van der Waals surface area (Å²) in [5, 5.41) is 12.8. The van der Waals surface area contributed by atoms with Gasteiger partial charge < -0.3 is 5.73 Å². The summed E-state index contributed by atoms with van der Waals surface area (Å²) in [4.78, 5) is 0. The van der Waals surface area contributed by atoms with Crippen molar-refractivity contribution in [3.05, 3.63) is 51.5 Å². The van der Waals surface area contributed by atoms with Crippen LogP contribution in [0.25, 0.3) is 17.1 Å². The van der Waals surface area contributed by atoms with Crippen LogP contribution in [0.4, 0.5) is 5.69 Å². The Kier molecular flexibility index (Phi) is 3.71. The lowest BCUT2D eigenvalue weighted by molar-refractivity contribution is 0.791. The Morgan fingerprint density at radius 2 is 1.76 bits per heavy atom. The van der Waals surface area contributed by atoms with Gasteiger partial charge in [-0.15, -0.1) is 5.10 Å². The van der Waals surface area contributed by atoms with Crippen molar-refractivity contribution in [2.24, 2.45) is 0 Å². The monoisotopic (exact) mass is 339 g/mol. The number of nitrogens with two attached hydrogens (primary N) is 1. The van der Waals surface area contributed by atoms with E-state index in [1.807, 2.05) is 12.1 Å². The van der Waals surface area contributed by atoms with Crippen molar-refractivity contribution >= 4 is 40.5 Å². The topological polar surface area (TPSA) is 69.6 Å². The molecule has 5 nitrogen and oxygen atoms in total. The van der Waals surface area contributed by atoms with Gasteiger partial charge in [-0.3, -0.25) is 0 Å². The molecule has 0 fully saturated rings. The lowest BCUT2D eigenvalue weighted by Crippen LogP contribution is -2.01. The number of rotatable bonds is 2. The Bertz CT molecular complexity index is 815. The molecule has 0 saturated carbocycles. The molecular formula is C13H8Cl3N5. The predicted molar refractivity (Wildman–Crippen MR) is 84.0 cm³/mol. The van der Waals surface area contributed by atoms with E-state index in [4.69, 9.17) is 40.5 Å². The molecule has 3 aromatic rings. The average Bonchev–Trinajstić information content (AvgIpc) is 2.92. The standard InChI is InChI=1S/C13H8Cl3N5/c14-9-3-1-2-4-11(9)21-13(18-19-20-21)8-5-7(17)6-10(15)12(8)16/h1-6H,17H2. The van der Waals surface area contributed by atoms with E-state index in [1.54, 1.807) is 24.3 Å². The minimum atomic E-state index is 0.328. The molecule has 21 heavy (non-hydrogen) atoms. The first-order chi connectivity index (χ1) is 10.1. The highest BCUT2D eigenvalue weighted by atomic mass is 35.5. The van der Waals surface area contributed by atoms with Crippen LogP contribution in [0, 0.1) is 0 Å². The van der Waals surface area contributed by atoms with Crippen molar-refractivity contribution in [2.75, 3.05) is 5.73 Å². The van der Waals surface area contributed by atoms with Gasteiger partial charge in [0.2, 0.25) is 0 Å². The van der Waals surface area contributed by atoms with Crippen molar-refractivity contribution in [1.82, 2.24) is 20.2 Å². The second-order valence-corrected chi connectivity index (χ2v) is 5.42. The third-order valence-electron chi connectivity index (χ3n) is 2.84. The average molecular weight is 341 g/mol. The van der Waals surface area contributed by atoms with E-state index in [0.717, 1.165) is 0 Å². The molecule has 3 rings (SSSR count). The molecular weight excluding hydrogens is 333 g/mol. The largest absolute Gasteiger partial charge is 0.399 e. The molecule has 2 aromatic carbocycles. The quantitative estimate of drug-likeness (QED) is 0.719. The fourth-order valence-corrected chi connectivity index (χ4v) is 2.55. The minimum absolute atomic E-state index is 0.328. The molecule has 0 bridgehead atoms. The van der Waals surface area contributed by atoms with Gasteiger partial charge in [0.25, 0.3) is 0 Å². The summed E-state index contributed by atoms with van der Waals surface area (Å²) >= 11 is 18.5. The van der Waals surface area contributed by atoms with Crippen LogP contribution in [0.15, 0.2) is 36.4 Å². The number of para-hydroxylation sites is 1. The molecule has 8 heteroatoms. The van der Waals surface area contributed by atoms with E-state index >= 15 is 0 Å². The van der Waals surface area contributed by atoms with Gasteiger partial charge in [0.05, 0.1) is 20.8 Å². The maximum Gasteiger partial charge on any atom is 0.188 e. The van der Waals surface area contributed by atoms with Crippen molar-refractivity contribution in [3.8, 4) is 17.1 Å². The Hall–Kier alpha value is -1.82. The third-order valence-corrected chi connectivity index (χ3v) is 3.96. The molecule has 1 aromatic heterocycles. The second-order valence-electron chi connectivity index (χ2n) is 4.23. The Balaban J connectivity index is 2.23. The number of benzene rings is 2. The van der Waals surface area contributed by atoms with Crippen LogP contribution >= 0.6 is 34.8 Å². The molecule has 0 aliphatic heterocycles. The van der Waals surface area contributed by atoms with E-state index < -0.39 is 0 Å². The van der Waals surface area contributed by atoms with E-state index in [0.29, 0.717) is 37.8 Å².